The van der Waals surface area contributed by atoms with Crippen molar-refractivity contribution in [3.8, 4) is 17.2 Å². The number of benzene rings is 2. The van der Waals surface area contributed by atoms with Gasteiger partial charge < -0.3 is 19.8 Å². The SMILES string of the molecule is Cc1oc(-c2ccccc2)nc1CC(=O)Nc1ccc2c(c1)NC(=O)CO2. The third kappa shape index (κ3) is 3.67. The van der Waals surface area contributed by atoms with Crippen LogP contribution in [0.2, 0.25) is 0 Å². The fraction of sp³-hybridized carbons (Fsp3) is 0.150. The number of hydrogen-bond donors (Lipinski definition) is 2. The largest absolute Gasteiger partial charge is 0.482 e. The summed E-state index contributed by atoms with van der Waals surface area (Å²) in [5, 5.41) is 5.52. The Morgan fingerprint density at radius 2 is 2.04 bits per heavy atom. The lowest BCUT2D eigenvalue weighted by Crippen LogP contribution is -2.25. The zero-order valence-electron chi connectivity index (χ0n) is 14.6. The summed E-state index contributed by atoms with van der Waals surface area (Å²) >= 11 is 0. The van der Waals surface area contributed by atoms with E-state index in [9.17, 15) is 9.59 Å². The van der Waals surface area contributed by atoms with Crippen molar-refractivity contribution in [2.24, 2.45) is 0 Å². The predicted molar refractivity (Wildman–Crippen MR) is 99.6 cm³/mol. The van der Waals surface area contributed by atoms with Gasteiger partial charge in [0.25, 0.3) is 5.91 Å². The van der Waals surface area contributed by atoms with Gasteiger partial charge in [0.05, 0.1) is 17.8 Å². The lowest BCUT2D eigenvalue weighted by Gasteiger charge is -2.18. The fourth-order valence-corrected chi connectivity index (χ4v) is 2.81. The Bertz CT molecular complexity index is 1010. The van der Waals surface area contributed by atoms with Crippen molar-refractivity contribution in [2.45, 2.75) is 13.3 Å². The lowest BCUT2D eigenvalue weighted by molar-refractivity contribution is -0.118. The first kappa shape index (κ1) is 16.8. The molecule has 1 aliphatic rings. The van der Waals surface area contributed by atoms with Crippen LogP contribution in [-0.4, -0.2) is 23.4 Å². The monoisotopic (exact) mass is 363 g/mol. The van der Waals surface area contributed by atoms with E-state index >= 15 is 0 Å². The van der Waals surface area contributed by atoms with Crippen molar-refractivity contribution in [3.63, 3.8) is 0 Å². The first-order valence-electron chi connectivity index (χ1n) is 8.47. The average Bonchev–Trinajstić information content (AvgIpc) is 3.02. The Morgan fingerprint density at radius 1 is 1.22 bits per heavy atom. The Hall–Kier alpha value is -3.61. The van der Waals surface area contributed by atoms with Crippen molar-refractivity contribution in [3.05, 3.63) is 60.0 Å². The predicted octanol–water partition coefficient (Wildman–Crippen LogP) is 3.16. The number of ether oxygens (including phenoxy) is 1. The maximum absolute atomic E-state index is 12.4. The molecule has 27 heavy (non-hydrogen) atoms. The standard InChI is InChI=1S/C20H17N3O4/c1-12-15(23-20(27-12)13-5-3-2-4-6-13)10-18(24)21-14-7-8-17-16(9-14)22-19(25)11-26-17/h2-9H,10-11H2,1H3,(H,21,24)(H,22,25). The maximum atomic E-state index is 12.4. The van der Waals surface area contributed by atoms with E-state index in [1.165, 1.54) is 0 Å². The summed E-state index contributed by atoms with van der Waals surface area (Å²) in [5.41, 5.74) is 2.54. The molecule has 0 fully saturated rings. The van der Waals surface area contributed by atoms with Crippen LogP contribution in [0.1, 0.15) is 11.5 Å². The Balaban J connectivity index is 1.46. The minimum atomic E-state index is -0.228. The molecule has 136 valence electrons. The molecule has 0 spiro atoms. The second-order valence-corrected chi connectivity index (χ2v) is 6.16. The Labute approximate surface area is 155 Å². The molecule has 0 bridgehead atoms. The molecule has 7 nitrogen and oxygen atoms in total. The van der Waals surface area contributed by atoms with Crippen LogP contribution in [-0.2, 0) is 16.0 Å². The molecule has 0 saturated carbocycles. The van der Waals surface area contributed by atoms with E-state index < -0.39 is 0 Å². The molecule has 0 saturated heterocycles. The maximum Gasteiger partial charge on any atom is 0.262 e. The van der Waals surface area contributed by atoms with Crippen molar-refractivity contribution >= 4 is 23.2 Å². The van der Waals surface area contributed by atoms with Crippen LogP contribution in [0, 0.1) is 6.92 Å². The zero-order valence-corrected chi connectivity index (χ0v) is 14.6. The highest BCUT2D eigenvalue weighted by Crippen LogP contribution is 2.30. The van der Waals surface area contributed by atoms with Gasteiger partial charge >= 0.3 is 0 Å². The zero-order chi connectivity index (χ0) is 18.8. The Kier molecular flexibility index (Phi) is 4.33. The van der Waals surface area contributed by atoms with Crippen molar-refractivity contribution < 1.29 is 18.7 Å². The van der Waals surface area contributed by atoms with Gasteiger partial charge in [-0.3, -0.25) is 9.59 Å². The van der Waals surface area contributed by atoms with Crippen molar-refractivity contribution in [2.75, 3.05) is 17.2 Å². The van der Waals surface area contributed by atoms with Crippen molar-refractivity contribution in [1.82, 2.24) is 4.98 Å². The highest BCUT2D eigenvalue weighted by atomic mass is 16.5. The van der Waals surface area contributed by atoms with Gasteiger partial charge in [-0.1, -0.05) is 18.2 Å². The molecular formula is C20H17N3O4. The topological polar surface area (TPSA) is 93.5 Å². The normalized spacial score (nSPS) is 12.7. The van der Waals surface area contributed by atoms with Gasteiger partial charge in [-0.15, -0.1) is 0 Å². The highest BCUT2D eigenvalue weighted by Gasteiger charge is 2.18. The van der Waals surface area contributed by atoms with E-state index in [0.29, 0.717) is 34.5 Å². The molecule has 2 N–H and O–H groups in total. The van der Waals surface area contributed by atoms with Crippen LogP contribution in [0.15, 0.2) is 52.9 Å². The van der Waals surface area contributed by atoms with Crippen LogP contribution in [0.4, 0.5) is 11.4 Å². The smallest absolute Gasteiger partial charge is 0.262 e. The molecule has 1 aromatic heterocycles. The third-order valence-electron chi connectivity index (χ3n) is 4.14. The summed E-state index contributed by atoms with van der Waals surface area (Å²) in [6.45, 7) is 1.78. The average molecular weight is 363 g/mol. The van der Waals surface area contributed by atoms with Crippen LogP contribution >= 0.6 is 0 Å². The number of nitrogens with zero attached hydrogens (tertiary/aromatic N) is 1. The molecule has 0 unspecified atom stereocenters. The van der Waals surface area contributed by atoms with E-state index in [1.807, 2.05) is 30.3 Å². The number of aryl methyl sites for hydroxylation is 1. The first-order valence-corrected chi connectivity index (χ1v) is 8.47. The van der Waals surface area contributed by atoms with Gasteiger partial charge in [0.15, 0.2) is 6.61 Å². The van der Waals surface area contributed by atoms with E-state index in [-0.39, 0.29) is 24.8 Å². The van der Waals surface area contributed by atoms with E-state index in [2.05, 4.69) is 15.6 Å². The summed E-state index contributed by atoms with van der Waals surface area (Å²) in [7, 11) is 0. The number of fused-ring (bicyclic) bond motifs is 1. The molecule has 1 aliphatic heterocycles. The van der Waals surface area contributed by atoms with E-state index in [0.717, 1.165) is 5.56 Å². The molecule has 2 aromatic carbocycles. The number of anilines is 2. The third-order valence-corrected chi connectivity index (χ3v) is 4.14. The minimum Gasteiger partial charge on any atom is -0.482 e. The van der Waals surface area contributed by atoms with Crippen LogP contribution in [0.3, 0.4) is 0 Å². The molecule has 2 amide bonds. The molecule has 0 radical (unpaired) electrons. The summed E-state index contributed by atoms with van der Waals surface area (Å²) in [6, 6.07) is 14.6. The quantitative estimate of drug-likeness (QED) is 0.743. The first-order chi connectivity index (χ1) is 13.1. The summed E-state index contributed by atoms with van der Waals surface area (Å²) in [6.07, 6.45) is 0.0854. The number of carbonyl (C=O) groups is 2. The van der Waals surface area contributed by atoms with Crippen LogP contribution < -0.4 is 15.4 Å². The number of nitrogens with one attached hydrogen (secondary N) is 2. The van der Waals surface area contributed by atoms with Gasteiger partial charge in [0.2, 0.25) is 11.8 Å². The number of carbonyl (C=O) groups excluding carboxylic acids is 2. The second-order valence-electron chi connectivity index (χ2n) is 6.16. The lowest BCUT2D eigenvalue weighted by atomic mass is 10.2. The molecule has 3 aromatic rings. The summed E-state index contributed by atoms with van der Waals surface area (Å²) in [5.74, 6) is 1.22. The van der Waals surface area contributed by atoms with Gasteiger partial charge in [-0.25, -0.2) is 4.98 Å². The molecule has 2 heterocycles. The number of oxazole rings is 1. The van der Waals surface area contributed by atoms with E-state index in [1.54, 1.807) is 25.1 Å². The molecular weight excluding hydrogens is 346 g/mol. The van der Waals surface area contributed by atoms with Gasteiger partial charge in [-0.05, 0) is 37.3 Å². The molecule has 0 atom stereocenters. The fourth-order valence-electron chi connectivity index (χ4n) is 2.81. The number of hydrogen-bond acceptors (Lipinski definition) is 5. The molecule has 7 heteroatoms. The van der Waals surface area contributed by atoms with Gasteiger partial charge in [-0.2, -0.15) is 0 Å². The summed E-state index contributed by atoms with van der Waals surface area (Å²) < 4.78 is 11.0. The van der Waals surface area contributed by atoms with Gasteiger partial charge in [0.1, 0.15) is 11.5 Å². The Morgan fingerprint density at radius 3 is 2.85 bits per heavy atom. The molecule has 4 rings (SSSR count). The number of amides is 2. The van der Waals surface area contributed by atoms with Crippen LogP contribution in [0.25, 0.3) is 11.5 Å². The van der Waals surface area contributed by atoms with Gasteiger partial charge in [0, 0.05) is 11.3 Å². The minimum absolute atomic E-state index is 0.00606. The highest BCUT2D eigenvalue weighted by molar-refractivity contribution is 5.98. The number of aromatic nitrogens is 1. The van der Waals surface area contributed by atoms with Crippen molar-refractivity contribution in [1.29, 1.82) is 0 Å². The molecule has 0 aliphatic carbocycles. The summed E-state index contributed by atoms with van der Waals surface area (Å²) in [4.78, 5) is 28.3. The number of rotatable bonds is 4. The van der Waals surface area contributed by atoms with E-state index in [4.69, 9.17) is 9.15 Å². The van der Waals surface area contributed by atoms with Crippen LogP contribution in [0.5, 0.6) is 5.75 Å². The second kappa shape index (κ2) is 6.95.